The van der Waals surface area contributed by atoms with Crippen molar-refractivity contribution in [3.8, 4) is 22.4 Å². The third-order valence-corrected chi connectivity index (χ3v) is 3.27. The van der Waals surface area contributed by atoms with Gasteiger partial charge in [-0.25, -0.2) is 0 Å². The van der Waals surface area contributed by atoms with Crippen LogP contribution in [0.4, 0.5) is 5.88 Å². The molecule has 0 fully saturated rings. The minimum atomic E-state index is -0.176. The van der Waals surface area contributed by atoms with E-state index in [1.165, 1.54) is 6.07 Å². The van der Waals surface area contributed by atoms with Gasteiger partial charge in [0.25, 0.3) is 0 Å². The lowest BCUT2D eigenvalue weighted by Crippen LogP contribution is -2.03. The van der Waals surface area contributed by atoms with Crippen molar-refractivity contribution in [1.82, 2.24) is 10.1 Å². The normalized spacial score (nSPS) is 10.7. The van der Waals surface area contributed by atoms with Crippen LogP contribution in [0.3, 0.4) is 0 Å². The summed E-state index contributed by atoms with van der Waals surface area (Å²) in [6.45, 7) is 0. The van der Waals surface area contributed by atoms with Crippen LogP contribution in [0.15, 0.2) is 52.0 Å². The van der Waals surface area contributed by atoms with Gasteiger partial charge in [0.2, 0.25) is 5.88 Å². The molecule has 0 aliphatic rings. The van der Waals surface area contributed by atoms with Crippen molar-refractivity contribution >= 4 is 17.5 Å². The molecule has 3 aromatic rings. The summed E-state index contributed by atoms with van der Waals surface area (Å²) in [5.74, 6) is 0.122. The minimum absolute atomic E-state index is 0.122. The van der Waals surface area contributed by atoms with E-state index < -0.39 is 0 Å². The summed E-state index contributed by atoms with van der Waals surface area (Å²) in [4.78, 5) is 14.8. The molecule has 0 bridgehead atoms. The van der Waals surface area contributed by atoms with Crippen LogP contribution in [0.1, 0.15) is 0 Å². The first-order valence-corrected chi connectivity index (χ1v) is 6.24. The van der Waals surface area contributed by atoms with Crippen LogP contribution >= 0.6 is 11.6 Å². The number of nitrogens with one attached hydrogen (secondary N) is 1. The van der Waals surface area contributed by atoms with Gasteiger partial charge >= 0.3 is 0 Å². The molecule has 0 amide bonds. The van der Waals surface area contributed by atoms with Crippen molar-refractivity contribution in [2.45, 2.75) is 0 Å². The molecule has 2 aromatic heterocycles. The Morgan fingerprint density at radius 1 is 1.20 bits per heavy atom. The SMILES string of the molecule is Nc1onc(-c2c[nH]ccc2=O)c1-c1ccccc1Cl. The predicted octanol–water partition coefficient (Wildman–Crippen LogP) is 2.93. The molecular weight excluding hydrogens is 278 g/mol. The molecule has 0 atom stereocenters. The highest BCUT2D eigenvalue weighted by molar-refractivity contribution is 6.33. The zero-order chi connectivity index (χ0) is 14.1. The average molecular weight is 288 g/mol. The van der Waals surface area contributed by atoms with Crippen molar-refractivity contribution < 1.29 is 4.52 Å². The van der Waals surface area contributed by atoms with Crippen molar-refractivity contribution in [2.24, 2.45) is 0 Å². The second-order valence-electron chi connectivity index (χ2n) is 4.17. The van der Waals surface area contributed by atoms with Gasteiger partial charge in [-0.2, -0.15) is 0 Å². The van der Waals surface area contributed by atoms with E-state index in [0.717, 1.165) is 0 Å². The zero-order valence-corrected chi connectivity index (χ0v) is 11.0. The van der Waals surface area contributed by atoms with Gasteiger partial charge in [-0.3, -0.25) is 4.79 Å². The summed E-state index contributed by atoms with van der Waals surface area (Å²) >= 11 is 6.18. The van der Waals surface area contributed by atoms with Crippen LogP contribution < -0.4 is 11.2 Å². The number of hydrogen-bond acceptors (Lipinski definition) is 4. The number of aromatic amines is 1. The summed E-state index contributed by atoms with van der Waals surface area (Å²) in [5.41, 5.74) is 7.60. The van der Waals surface area contributed by atoms with E-state index in [4.69, 9.17) is 21.9 Å². The molecule has 0 saturated carbocycles. The fraction of sp³-hybridized carbons (Fsp3) is 0. The van der Waals surface area contributed by atoms with Gasteiger partial charge in [0, 0.05) is 29.0 Å². The van der Waals surface area contributed by atoms with Gasteiger partial charge in [0.15, 0.2) is 5.43 Å². The first-order chi connectivity index (χ1) is 9.68. The smallest absolute Gasteiger partial charge is 0.230 e. The summed E-state index contributed by atoms with van der Waals surface area (Å²) in [7, 11) is 0. The predicted molar refractivity (Wildman–Crippen MR) is 77.4 cm³/mol. The number of hydrogen-bond donors (Lipinski definition) is 2. The van der Waals surface area contributed by atoms with E-state index in [1.54, 1.807) is 24.5 Å². The number of halogens is 1. The molecule has 0 saturated heterocycles. The monoisotopic (exact) mass is 287 g/mol. The van der Waals surface area contributed by atoms with Gasteiger partial charge in [0.05, 0.1) is 11.1 Å². The van der Waals surface area contributed by atoms with Crippen molar-refractivity contribution in [3.63, 3.8) is 0 Å². The number of anilines is 1. The van der Waals surface area contributed by atoms with Crippen LogP contribution in [0.25, 0.3) is 22.4 Å². The molecule has 2 heterocycles. The Balaban J connectivity index is 2.29. The molecule has 6 heteroatoms. The maximum Gasteiger partial charge on any atom is 0.230 e. The summed E-state index contributed by atoms with van der Waals surface area (Å²) < 4.78 is 5.03. The number of nitrogen functional groups attached to an aromatic ring is 1. The average Bonchev–Trinajstić information content (AvgIpc) is 2.82. The van der Waals surface area contributed by atoms with Crippen molar-refractivity contribution in [1.29, 1.82) is 0 Å². The number of benzene rings is 1. The van der Waals surface area contributed by atoms with E-state index in [1.807, 2.05) is 12.1 Å². The van der Waals surface area contributed by atoms with Crippen molar-refractivity contribution in [2.75, 3.05) is 5.73 Å². The van der Waals surface area contributed by atoms with Crippen molar-refractivity contribution in [3.05, 3.63) is 58.0 Å². The summed E-state index contributed by atoms with van der Waals surface area (Å²) in [6.07, 6.45) is 3.10. The first kappa shape index (κ1) is 12.5. The molecule has 100 valence electrons. The molecule has 3 N–H and O–H groups in total. The highest BCUT2D eigenvalue weighted by Crippen LogP contribution is 2.38. The van der Waals surface area contributed by atoms with Crippen LogP contribution in [-0.4, -0.2) is 10.1 Å². The molecule has 20 heavy (non-hydrogen) atoms. The lowest BCUT2D eigenvalue weighted by molar-refractivity contribution is 0.439. The number of aromatic nitrogens is 2. The van der Waals surface area contributed by atoms with Crippen LogP contribution in [0, 0.1) is 0 Å². The zero-order valence-electron chi connectivity index (χ0n) is 10.3. The van der Waals surface area contributed by atoms with Gasteiger partial charge < -0.3 is 15.2 Å². The van der Waals surface area contributed by atoms with E-state index in [2.05, 4.69) is 10.1 Å². The number of rotatable bonds is 2. The third kappa shape index (κ3) is 1.98. The second kappa shape index (κ2) is 4.86. The van der Waals surface area contributed by atoms with Crippen LogP contribution in [0.2, 0.25) is 5.02 Å². The number of H-pyrrole nitrogens is 1. The first-order valence-electron chi connectivity index (χ1n) is 5.86. The fourth-order valence-electron chi connectivity index (χ4n) is 2.01. The Morgan fingerprint density at radius 2 is 2.00 bits per heavy atom. The van der Waals surface area contributed by atoms with Gasteiger partial charge in [0.1, 0.15) is 5.69 Å². The Kier molecular flexibility index (Phi) is 3.04. The highest BCUT2D eigenvalue weighted by atomic mass is 35.5. The molecule has 0 unspecified atom stereocenters. The Hall–Kier alpha value is -2.53. The van der Waals surface area contributed by atoms with Gasteiger partial charge in [-0.05, 0) is 6.07 Å². The van der Waals surface area contributed by atoms with E-state index in [0.29, 0.717) is 27.4 Å². The van der Waals surface area contributed by atoms with E-state index in [9.17, 15) is 4.79 Å². The lowest BCUT2D eigenvalue weighted by atomic mass is 10.0. The summed E-state index contributed by atoms with van der Waals surface area (Å²) in [5, 5.41) is 4.40. The Bertz CT molecular complexity index is 823. The summed E-state index contributed by atoms with van der Waals surface area (Å²) in [6, 6.07) is 8.59. The van der Waals surface area contributed by atoms with Gasteiger partial charge in [-0.1, -0.05) is 35.0 Å². The van der Waals surface area contributed by atoms with E-state index >= 15 is 0 Å². The maximum absolute atomic E-state index is 11.9. The lowest BCUT2D eigenvalue weighted by Gasteiger charge is -2.04. The largest absolute Gasteiger partial charge is 0.367 e. The maximum atomic E-state index is 11.9. The molecule has 1 aromatic carbocycles. The standard InChI is InChI=1S/C14H10ClN3O2/c15-10-4-2-1-3-8(10)12-13(18-20-14(12)16)9-7-17-6-5-11(9)19/h1-7H,16H2,(H,17,19). The molecule has 0 radical (unpaired) electrons. The highest BCUT2D eigenvalue weighted by Gasteiger charge is 2.20. The fourth-order valence-corrected chi connectivity index (χ4v) is 2.24. The molecule has 0 aliphatic carbocycles. The second-order valence-corrected chi connectivity index (χ2v) is 4.58. The van der Waals surface area contributed by atoms with Gasteiger partial charge in [-0.15, -0.1) is 0 Å². The molecule has 3 rings (SSSR count). The molecule has 0 aliphatic heterocycles. The minimum Gasteiger partial charge on any atom is -0.367 e. The number of pyridine rings is 1. The molecule has 0 spiro atoms. The quantitative estimate of drug-likeness (QED) is 0.759. The molecular formula is C14H10ClN3O2. The van der Waals surface area contributed by atoms with E-state index in [-0.39, 0.29) is 11.3 Å². The third-order valence-electron chi connectivity index (χ3n) is 2.94. The topological polar surface area (TPSA) is 84.9 Å². The van der Waals surface area contributed by atoms with Crippen LogP contribution in [0.5, 0.6) is 0 Å². The Morgan fingerprint density at radius 3 is 2.75 bits per heavy atom. The Labute approximate surface area is 119 Å². The number of nitrogens with zero attached hydrogens (tertiary/aromatic N) is 1. The molecule has 5 nitrogen and oxygen atoms in total. The van der Waals surface area contributed by atoms with Crippen LogP contribution in [-0.2, 0) is 0 Å². The number of nitrogens with two attached hydrogens (primary N) is 1.